The molecule has 0 aromatic rings. The average molecular weight is 164 g/mol. The summed E-state index contributed by atoms with van der Waals surface area (Å²) in [4.78, 5) is 0. The van der Waals surface area contributed by atoms with Crippen molar-refractivity contribution in [2.75, 3.05) is 13.2 Å². The van der Waals surface area contributed by atoms with Gasteiger partial charge in [0.15, 0.2) is 0 Å². The van der Waals surface area contributed by atoms with E-state index in [2.05, 4.69) is 0 Å². The Bertz CT molecular complexity index is 128. The minimum atomic E-state index is -1.12. The minimum absolute atomic E-state index is 0.00287. The van der Waals surface area contributed by atoms with Gasteiger partial charge in [0.25, 0.3) is 0 Å². The molecule has 1 aliphatic rings. The summed E-state index contributed by atoms with van der Waals surface area (Å²) in [5.74, 6) is 0. The Morgan fingerprint density at radius 3 is 2.45 bits per heavy atom. The molecule has 0 aromatic heterocycles. The normalized spacial score (nSPS) is 40.9. The smallest absolute Gasteiger partial charge is 0.114 e. The number of aliphatic hydroxyl groups excluding tert-OH is 4. The second-order valence-electron chi connectivity index (χ2n) is 2.61. The van der Waals surface area contributed by atoms with Crippen LogP contribution in [0.3, 0.4) is 0 Å². The molecule has 0 spiro atoms. The van der Waals surface area contributed by atoms with E-state index in [4.69, 9.17) is 25.2 Å². The number of hydrogen-bond acceptors (Lipinski definition) is 5. The highest BCUT2D eigenvalue weighted by atomic mass is 16.5. The Morgan fingerprint density at radius 1 is 1.45 bits per heavy atom. The first-order valence-corrected chi connectivity index (χ1v) is 3.43. The summed E-state index contributed by atoms with van der Waals surface area (Å²) in [5.41, 5.74) is 0. The number of hydrogen-bond donors (Lipinski definition) is 4. The summed E-state index contributed by atoms with van der Waals surface area (Å²) in [7, 11) is 0. The standard InChI is InChI=1S/C6H12O5/c7-1-3(8)6-5(10)4(9)2-11-6/h3-10H,1-2H2/t3-,4+,5?,6-/m1/s1. The van der Waals surface area contributed by atoms with Crippen LogP contribution in [0.2, 0.25) is 0 Å². The second-order valence-corrected chi connectivity index (χ2v) is 2.61. The van der Waals surface area contributed by atoms with Crippen molar-refractivity contribution in [2.45, 2.75) is 24.4 Å². The van der Waals surface area contributed by atoms with Crippen molar-refractivity contribution < 1.29 is 25.2 Å². The first-order valence-electron chi connectivity index (χ1n) is 3.43. The summed E-state index contributed by atoms with van der Waals surface area (Å²) in [6.07, 6.45) is -4.05. The summed E-state index contributed by atoms with van der Waals surface area (Å²) in [6.45, 7) is -0.475. The molecule has 1 rings (SSSR count). The third kappa shape index (κ3) is 1.69. The molecule has 1 fully saturated rings. The molecule has 0 bridgehead atoms. The molecule has 0 aromatic carbocycles. The third-order valence-electron chi connectivity index (χ3n) is 1.76. The molecular weight excluding hydrogens is 152 g/mol. The van der Waals surface area contributed by atoms with Crippen LogP contribution < -0.4 is 0 Å². The van der Waals surface area contributed by atoms with Gasteiger partial charge in [0.2, 0.25) is 0 Å². The van der Waals surface area contributed by atoms with Crippen LogP contribution in [0.1, 0.15) is 0 Å². The van der Waals surface area contributed by atoms with E-state index in [0.717, 1.165) is 0 Å². The van der Waals surface area contributed by atoms with Crippen LogP contribution in [0, 0.1) is 0 Å². The molecule has 1 saturated heterocycles. The van der Waals surface area contributed by atoms with Gasteiger partial charge in [-0.3, -0.25) is 0 Å². The maximum atomic E-state index is 9.11. The number of ether oxygens (including phenoxy) is 1. The predicted octanol–water partition coefficient (Wildman–Crippen LogP) is -2.54. The molecule has 0 aliphatic carbocycles. The zero-order chi connectivity index (χ0) is 8.43. The molecule has 5 nitrogen and oxygen atoms in total. The van der Waals surface area contributed by atoms with Gasteiger partial charge in [0.05, 0.1) is 13.2 Å². The van der Waals surface area contributed by atoms with Gasteiger partial charge in [-0.25, -0.2) is 0 Å². The Hall–Kier alpha value is -0.200. The van der Waals surface area contributed by atoms with Gasteiger partial charge in [-0.05, 0) is 0 Å². The maximum Gasteiger partial charge on any atom is 0.114 e. The van der Waals surface area contributed by atoms with Crippen molar-refractivity contribution in [3.8, 4) is 0 Å². The Kier molecular flexibility index (Phi) is 2.80. The summed E-state index contributed by atoms with van der Waals surface area (Å²) < 4.78 is 4.82. The van der Waals surface area contributed by atoms with E-state index in [1.54, 1.807) is 0 Å². The largest absolute Gasteiger partial charge is 0.394 e. The topological polar surface area (TPSA) is 90.2 Å². The van der Waals surface area contributed by atoms with E-state index in [1.165, 1.54) is 0 Å². The van der Waals surface area contributed by atoms with Crippen molar-refractivity contribution >= 4 is 0 Å². The molecule has 1 aliphatic heterocycles. The Balaban J connectivity index is 2.47. The van der Waals surface area contributed by atoms with Crippen LogP contribution in [0.4, 0.5) is 0 Å². The van der Waals surface area contributed by atoms with Crippen molar-refractivity contribution in [2.24, 2.45) is 0 Å². The van der Waals surface area contributed by atoms with Crippen molar-refractivity contribution in [1.29, 1.82) is 0 Å². The molecule has 0 amide bonds. The zero-order valence-corrected chi connectivity index (χ0v) is 5.92. The molecule has 4 N–H and O–H groups in total. The highest BCUT2D eigenvalue weighted by Crippen LogP contribution is 2.16. The molecule has 1 unspecified atom stereocenters. The summed E-state index contributed by atoms with van der Waals surface area (Å²) >= 11 is 0. The second kappa shape index (κ2) is 3.46. The summed E-state index contributed by atoms with van der Waals surface area (Å²) in [6, 6.07) is 0. The van der Waals surface area contributed by atoms with Gasteiger partial charge >= 0.3 is 0 Å². The van der Waals surface area contributed by atoms with E-state index in [9.17, 15) is 0 Å². The van der Waals surface area contributed by atoms with E-state index in [1.807, 2.05) is 0 Å². The lowest BCUT2D eigenvalue weighted by atomic mass is 10.1. The third-order valence-corrected chi connectivity index (χ3v) is 1.76. The van der Waals surface area contributed by atoms with Crippen molar-refractivity contribution in [3.63, 3.8) is 0 Å². The minimum Gasteiger partial charge on any atom is -0.394 e. The van der Waals surface area contributed by atoms with E-state index in [0.29, 0.717) is 0 Å². The van der Waals surface area contributed by atoms with Crippen LogP contribution in [-0.2, 0) is 4.74 Å². The van der Waals surface area contributed by atoms with Gasteiger partial charge in [0, 0.05) is 0 Å². The molecule has 4 atom stereocenters. The van der Waals surface area contributed by atoms with Crippen LogP contribution in [-0.4, -0.2) is 58.1 Å². The fourth-order valence-corrected chi connectivity index (χ4v) is 1.07. The van der Waals surface area contributed by atoms with E-state index < -0.39 is 31.0 Å². The monoisotopic (exact) mass is 164 g/mol. The van der Waals surface area contributed by atoms with E-state index in [-0.39, 0.29) is 6.61 Å². The van der Waals surface area contributed by atoms with Crippen molar-refractivity contribution in [3.05, 3.63) is 0 Å². The first-order chi connectivity index (χ1) is 5.16. The van der Waals surface area contributed by atoms with Gasteiger partial charge in [-0.1, -0.05) is 0 Å². The molecular formula is C6H12O5. The van der Waals surface area contributed by atoms with Crippen molar-refractivity contribution in [1.82, 2.24) is 0 Å². The quantitative estimate of drug-likeness (QED) is 0.361. The Labute approximate surface area is 63.8 Å². The highest BCUT2D eigenvalue weighted by Gasteiger charge is 2.38. The molecule has 11 heavy (non-hydrogen) atoms. The van der Waals surface area contributed by atoms with Crippen LogP contribution in [0.15, 0.2) is 0 Å². The van der Waals surface area contributed by atoms with Gasteiger partial charge in [-0.15, -0.1) is 0 Å². The Morgan fingerprint density at radius 2 is 2.09 bits per heavy atom. The lowest BCUT2D eigenvalue weighted by Gasteiger charge is -2.18. The number of rotatable bonds is 2. The molecule has 1 heterocycles. The van der Waals surface area contributed by atoms with Gasteiger partial charge in [-0.2, -0.15) is 0 Å². The van der Waals surface area contributed by atoms with Crippen LogP contribution in [0.25, 0.3) is 0 Å². The molecule has 0 saturated carbocycles. The molecule has 66 valence electrons. The molecule has 0 radical (unpaired) electrons. The lowest BCUT2D eigenvalue weighted by Crippen LogP contribution is -2.40. The average Bonchev–Trinajstić information content (AvgIpc) is 2.32. The van der Waals surface area contributed by atoms with E-state index >= 15 is 0 Å². The predicted molar refractivity (Wildman–Crippen MR) is 34.8 cm³/mol. The fraction of sp³-hybridized carbons (Fsp3) is 1.00. The lowest BCUT2D eigenvalue weighted by molar-refractivity contribution is -0.0684. The molecule has 5 heteroatoms. The van der Waals surface area contributed by atoms with Crippen LogP contribution in [0.5, 0.6) is 0 Å². The zero-order valence-electron chi connectivity index (χ0n) is 5.92. The van der Waals surface area contributed by atoms with Gasteiger partial charge in [0.1, 0.15) is 24.4 Å². The maximum absolute atomic E-state index is 9.11. The highest BCUT2D eigenvalue weighted by molar-refractivity contribution is 4.87. The summed E-state index contributed by atoms with van der Waals surface area (Å²) in [5, 5.41) is 35.5. The SMILES string of the molecule is OC[C@@H](O)[C@H]1OC[C@H](O)C1O. The number of aliphatic hydroxyl groups is 4. The first kappa shape index (κ1) is 8.89. The van der Waals surface area contributed by atoms with Crippen LogP contribution >= 0.6 is 0 Å². The fourth-order valence-electron chi connectivity index (χ4n) is 1.07. The van der Waals surface area contributed by atoms with Gasteiger partial charge < -0.3 is 25.2 Å².